The molecule has 128 valence electrons. The van der Waals surface area contributed by atoms with Crippen LogP contribution in [-0.2, 0) is 0 Å². The molecule has 0 unspecified atom stereocenters. The van der Waals surface area contributed by atoms with Crippen LogP contribution < -0.4 is 16.0 Å². The number of amides is 1. The van der Waals surface area contributed by atoms with E-state index in [1.807, 2.05) is 50.4 Å². The minimum atomic E-state index is -0.0725. The van der Waals surface area contributed by atoms with Gasteiger partial charge in [-0.15, -0.1) is 11.8 Å². The highest BCUT2D eigenvalue weighted by Gasteiger charge is 2.05. The summed E-state index contributed by atoms with van der Waals surface area (Å²) in [6.45, 7) is 5.81. The first-order valence-electron chi connectivity index (χ1n) is 7.88. The van der Waals surface area contributed by atoms with E-state index in [0.717, 1.165) is 23.0 Å². The Morgan fingerprint density at radius 2 is 1.88 bits per heavy atom. The van der Waals surface area contributed by atoms with E-state index in [0.29, 0.717) is 24.6 Å². The van der Waals surface area contributed by atoms with Gasteiger partial charge in [0.15, 0.2) is 0 Å². The van der Waals surface area contributed by atoms with E-state index < -0.39 is 0 Å². The summed E-state index contributed by atoms with van der Waals surface area (Å²) in [5.74, 6) is 1.28. The second kappa shape index (κ2) is 9.12. The molecule has 0 bridgehead atoms. The SMILES string of the molecule is CCNc1nc(C)cc(NCCNC(=O)c2ccc(SC)cc2)n1. The molecule has 0 saturated heterocycles. The fourth-order valence-electron chi connectivity index (χ4n) is 2.11. The van der Waals surface area contributed by atoms with E-state index in [9.17, 15) is 4.79 Å². The average molecular weight is 345 g/mol. The normalized spacial score (nSPS) is 10.3. The zero-order chi connectivity index (χ0) is 17.4. The van der Waals surface area contributed by atoms with Crippen molar-refractivity contribution in [3.63, 3.8) is 0 Å². The highest BCUT2D eigenvalue weighted by Crippen LogP contribution is 2.14. The molecule has 0 radical (unpaired) electrons. The van der Waals surface area contributed by atoms with Crippen molar-refractivity contribution in [2.75, 3.05) is 36.5 Å². The van der Waals surface area contributed by atoms with E-state index >= 15 is 0 Å². The summed E-state index contributed by atoms with van der Waals surface area (Å²) in [5, 5.41) is 9.19. The monoisotopic (exact) mass is 345 g/mol. The molecule has 2 aromatic rings. The zero-order valence-electron chi connectivity index (χ0n) is 14.2. The third-order valence-electron chi connectivity index (χ3n) is 3.26. The van der Waals surface area contributed by atoms with E-state index in [-0.39, 0.29) is 5.91 Å². The fourth-order valence-corrected chi connectivity index (χ4v) is 2.52. The van der Waals surface area contributed by atoms with Crippen LogP contribution in [0.15, 0.2) is 35.2 Å². The second-order valence-corrected chi connectivity index (χ2v) is 6.04. The number of hydrogen-bond donors (Lipinski definition) is 3. The minimum absolute atomic E-state index is 0.0725. The van der Waals surface area contributed by atoms with Gasteiger partial charge in [-0.1, -0.05) is 0 Å². The van der Waals surface area contributed by atoms with Gasteiger partial charge in [0.1, 0.15) is 5.82 Å². The molecule has 1 aromatic carbocycles. The lowest BCUT2D eigenvalue weighted by atomic mass is 10.2. The summed E-state index contributed by atoms with van der Waals surface area (Å²) in [5.41, 5.74) is 1.56. The lowest BCUT2D eigenvalue weighted by Crippen LogP contribution is -2.28. The number of thioether (sulfide) groups is 1. The van der Waals surface area contributed by atoms with Crippen LogP contribution in [-0.4, -0.2) is 41.8 Å². The van der Waals surface area contributed by atoms with Crippen LogP contribution in [0.4, 0.5) is 11.8 Å². The van der Waals surface area contributed by atoms with Gasteiger partial charge in [-0.2, -0.15) is 4.98 Å². The van der Waals surface area contributed by atoms with Crippen molar-refractivity contribution >= 4 is 29.4 Å². The first-order valence-corrected chi connectivity index (χ1v) is 9.10. The first kappa shape index (κ1) is 18.1. The molecule has 1 heterocycles. The molecule has 0 atom stereocenters. The summed E-state index contributed by atoms with van der Waals surface area (Å²) in [6.07, 6.45) is 2.01. The lowest BCUT2D eigenvalue weighted by molar-refractivity contribution is 0.0955. The second-order valence-electron chi connectivity index (χ2n) is 5.16. The maximum atomic E-state index is 12.1. The molecule has 24 heavy (non-hydrogen) atoms. The number of aryl methyl sites for hydroxylation is 1. The summed E-state index contributed by atoms with van der Waals surface area (Å²) in [7, 11) is 0. The van der Waals surface area contributed by atoms with Crippen LogP contribution >= 0.6 is 11.8 Å². The molecule has 2 rings (SSSR count). The van der Waals surface area contributed by atoms with E-state index in [1.54, 1.807) is 11.8 Å². The number of rotatable bonds is 8. The molecule has 6 nitrogen and oxygen atoms in total. The maximum absolute atomic E-state index is 12.1. The fraction of sp³-hybridized carbons (Fsp3) is 0.353. The van der Waals surface area contributed by atoms with E-state index in [4.69, 9.17) is 0 Å². The molecule has 0 aliphatic heterocycles. The molecule has 1 aromatic heterocycles. The topological polar surface area (TPSA) is 78.9 Å². The summed E-state index contributed by atoms with van der Waals surface area (Å²) >= 11 is 1.66. The smallest absolute Gasteiger partial charge is 0.251 e. The largest absolute Gasteiger partial charge is 0.368 e. The van der Waals surface area contributed by atoms with Gasteiger partial charge in [-0.25, -0.2) is 4.98 Å². The Balaban J connectivity index is 1.80. The molecule has 0 spiro atoms. The van der Waals surface area contributed by atoms with Gasteiger partial charge in [-0.3, -0.25) is 4.79 Å². The van der Waals surface area contributed by atoms with Gasteiger partial charge in [0.25, 0.3) is 5.91 Å². The Bertz CT molecular complexity index is 675. The van der Waals surface area contributed by atoms with Crippen molar-refractivity contribution in [1.29, 1.82) is 0 Å². The lowest BCUT2D eigenvalue weighted by Gasteiger charge is -2.10. The number of nitrogens with one attached hydrogen (secondary N) is 3. The van der Waals surface area contributed by atoms with Crippen molar-refractivity contribution in [2.24, 2.45) is 0 Å². The van der Waals surface area contributed by atoms with Crippen LogP contribution in [0.5, 0.6) is 0 Å². The molecule has 0 saturated carbocycles. The summed E-state index contributed by atoms with van der Waals surface area (Å²) in [6, 6.07) is 9.45. The zero-order valence-corrected chi connectivity index (χ0v) is 15.0. The van der Waals surface area contributed by atoms with Crippen LogP contribution in [0.25, 0.3) is 0 Å². The molecular weight excluding hydrogens is 322 g/mol. The van der Waals surface area contributed by atoms with Crippen LogP contribution in [0.2, 0.25) is 0 Å². The predicted molar refractivity (Wildman–Crippen MR) is 100.0 cm³/mol. The number of aromatic nitrogens is 2. The minimum Gasteiger partial charge on any atom is -0.368 e. The van der Waals surface area contributed by atoms with Gasteiger partial charge in [0, 0.05) is 41.9 Å². The molecule has 7 heteroatoms. The third-order valence-corrected chi connectivity index (χ3v) is 4.00. The van der Waals surface area contributed by atoms with Crippen molar-refractivity contribution in [1.82, 2.24) is 15.3 Å². The molecule has 0 fully saturated rings. The van der Waals surface area contributed by atoms with Crippen LogP contribution in [0, 0.1) is 6.92 Å². The number of benzene rings is 1. The van der Waals surface area contributed by atoms with Crippen molar-refractivity contribution in [3.8, 4) is 0 Å². The highest BCUT2D eigenvalue weighted by atomic mass is 32.2. The molecule has 0 aliphatic rings. The van der Waals surface area contributed by atoms with Crippen molar-refractivity contribution in [2.45, 2.75) is 18.7 Å². The maximum Gasteiger partial charge on any atom is 0.251 e. The van der Waals surface area contributed by atoms with Gasteiger partial charge < -0.3 is 16.0 Å². The average Bonchev–Trinajstić information content (AvgIpc) is 2.58. The van der Waals surface area contributed by atoms with Gasteiger partial charge >= 0.3 is 0 Å². The quantitative estimate of drug-likeness (QED) is 0.504. The predicted octanol–water partition coefficient (Wildman–Crippen LogP) is 2.78. The highest BCUT2D eigenvalue weighted by molar-refractivity contribution is 7.98. The number of hydrogen-bond acceptors (Lipinski definition) is 6. The Morgan fingerprint density at radius 1 is 1.12 bits per heavy atom. The summed E-state index contributed by atoms with van der Waals surface area (Å²) in [4.78, 5) is 21.9. The van der Waals surface area contributed by atoms with Gasteiger partial charge in [-0.05, 0) is 44.4 Å². The van der Waals surface area contributed by atoms with E-state index in [2.05, 4.69) is 25.9 Å². The van der Waals surface area contributed by atoms with Crippen LogP contribution in [0.3, 0.4) is 0 Å². The number of nitrogens with zero attached hydrogens (tertiary/aromatic N) is 2. The molecule has 3 N–H and O–H groups in total. The first-order chi connectivity index (χ1) is 11.6. The summed E-state index contributed by atoms with van der Waals surface area (Å²) < 4.78 is 0. The number of anilines is 2. The Hall–Kier alpha value is -2.28. The molecule has 0 aliphatic carbocycles. The Labute approximate surface area is 146 Å². The van der Waals surface area contributed by atoms with Crippen LogP contribution in [0.1, 0.15) is 23.0 Å². The molecular formula is C17H23N5OS. The molecule has 1 amide bonds. The van der Waals surface area contributed by atoms with Gasteiger partial charge in [0.2, 0.25) is 5.95 Å². The number of carbonyl (C=O) groups is 1. The Kier molecular flexibility index (Phi) is 6.87. The standard InChI is InChI=1S/C17H23N5OS/c1-4-18-17-21-12(2)11-15(22-17)19-9-10-20-16(23)13-5-7-14(24-3)8-6-13/h5-8,11H,4,9-10H2,1-3H3,(H,20,23)(H2,18,19,21,22). The number of carbonyl (C=O) groups excluding carboxylic acids is 1. The third kappa shape index (κ3) is 5.42. The van der Waals surface area contributed by atoms with Crippen molar-refractivity contribution in [3.05, 3.63) is 41.6 Å². The van der Waals surface area contributed by atoms with Crippen molar-refractivity contribution < 1.29 is 4.79 Å². The Morgan fingerprint density at radius 3 is 2.54 bits per heavy atom. The van der Waals surface area contributed by atoms with E-state index in [1.165, 1.54) is 0 Å². The van der Waals surface area contributed by atoms with Gasteiger partial charge in [0.05, 0.1) is 0 Å².